The second-order valence-corrected chi connectivity index (χ2v) is 3.88. The smallest absolute Gasteiger partial charge is 0.325 e. The third-order valence-corrected chi connectivity index (χ3v) is 2.61. The molecule has 15 heavy (non-hydrogen) atoms. The highest BCUT2D eigenvalue weighted by molar-refractivity contribution is 7.98. The highest BCUT2D eigenvalue weighted by atomic mass is 32.2. The van der Waals surface area contributed by atoms with Crippen LogP contribution in [0.5, 0.6) is 0 Å². The van der Waals surface area contributed by atoms with Gasteiger partial charge in [0.25, 0.3) is 0 Å². The molecule has 0 bridgehead atoms. The van der Waals surface area contributed by atoms with Gasteiger partial charge >= 0.3 is 5.97 Å². The Labute approximate surface area is 92.1 Å². The fraction of sp³-hybridized carbons (Fsp3) is 0.444. The molecule has 3 N–H and O–H groups in total. The number of thioether (sulfide) groups is 1. The Morgan fingerprint density at radius 1 is 1.40 bits per heavy atom. The van der Waals surface area contributed by atoms with Gasteiger partial charge < -0.3 is 10.8 Å². The van der Waals surface area contributed by atoms with E-state index in [4.69, 9.17) is 10.8 Å². The fourth-order valence-electron chi connectivity index (χ4n) is 1.36. The Morgan fingerprint density at radius 3 is 2.20 bits per heavy atom. The molecule has 1 aromatic heterocycles. The second kappa shape index (κ2) is 4.59. The van der Waals surface area contributed by atoms with Crippen molar-refractivity contribution < 1.29 is 9.90 Å². The SMILES string of the molecule is CSc1nc(C)c(C(N)C(=O)O)c(C)n1. The van der Waals surface area contributed by atoms with E-state index >= 15 is 0 Å². The van der Waals surface area contributed by atoms with E-state index in [9.17, 15) is 4.79 Å². The van der Waals surface area contributed by atoms with Gasteiger partial charge in [0, 0.05) is 17.0 Å². The summed E-state index contributed by atoms with van der Waals surface area (Å²) in [6.45, 7) is 3.49. The number of rotatable bonds is 3. The number of hydrogen-bond acceptors (Lipinski definition) is 5. The third-order valence-electron chi connectivity index (χ3n) is 2.07. The maximum absolute atomic E-state index is 10.8. The van der Waals surface area contributed by atoms with Crippen molar-refractivity contribution in [2.75, 3.05) is 6.26 Å². The van der Waals surface area contributed by atoms with Crippen molar-refractivity contribution in [1.29, 1.82) is 0 Å². The molecule has 0 aliphatic carbocycles. The van der Waals surface area contributed by atoms with E-state index in [-0.39, 0.29) is 0 Å². The van der Waals surface area contributed by atoms with Gasteiger partial charge in [0.2, 0.25) is 0 Å². The molecule has 1 heterocycles. The van der Waals surface area contributed by atoms with Crippen LogP contribution in [0.3, 0.4) is 0 Å². The Bertz CT molecular complexity index is 372. The van der Waals surface area contributed by atoms with Gasteiger partial charge in [0.1, 0.15) is 6.04 Å². The number of aliphatic carboxylic acids is 1. The van der Waals surface area contributed by atoms with E-state index in [2.05, 4.69) is 9.97 Å². The zero-order valence-electron chi connectivity index (χ0n) is 8.81. The van der Waals surface area contributed by atoms with Crippen molar-refractivity contribution in [3.8, 4) is 0 Å². The summed E-state index contributed by atoms with van der Waals surface area (Å²) in [4.78, 5) is 19.1. The summed E-state index contributed by atoms with van der Waals surface area (Å²) < 4.78 is 0. The first kappa shape index (κ1) is 11.9. The summed E-state index contributed by atoms with van der Waals surface area (Å²) in [7, 11) is 0. The molecular formula is C9H13N3O2S. The van der Waals surface area contributed by atoms with Gasteiger partial charge in [-0.05, 0) is 20.1 Å². The lowest BCUT2D eigenvalue weighted by molar-refractivity contribution is -0.138. The molecule has 1 atom stereocenters. The minimum atomic E-state index is -1.07. The molecule has 0 radical (unpaired) electrons. The molecule has 0 saturated carbocycles. The van der Waals surface area contributed by atoms with E-state index in [1.807, 2.05) is 6.26 Å². The lowest BCUT2D eigenvalue weighted by Gasteiger charge is -2.13. The van der Waals surface area contributed by atoms with E-state index in [1.54, 1.807) is 13.8 Å². The molecule has 1 unspecified atom stereocenters. The highest BCUT2D eigenvalue weighted by Gasteiger charge is 2.21. The number of nitrogens with two attached hydrogens (primary N) is 1. The van der Waals surface area contributed by atoms with Crippen LogP contribution in [0, 0.1) is 13.8 Å². The first-order valence-corrected chi connectivity index (χ1v) is 5.57. The van der Waals surface area contributed by atoms with Crippen molar-refractivity contribution in [3.05, 3.63) is 17.0 Å². The maximum atomic E-state index is 10.8. The average molecular weight is 227 g/mol. The quantitative estimate of drug-likeness (QED) is 0.589. The molecule has 0 fully saturated rings. The minimum Gasteiger partial charge on any atom is -0.480 e. The van der Waals surface area contributed by atoms with Crippen LogP contribution in [0.15, 0.2) is 5.16 Å². The molecule has 1 aromatic rings. The first-order chi connectivity index (χ1) is 6.97. The topological polar surface area (TPSA) is 89.1 Å². The van der Waals surface area contributed by atoms with Gasteiger partial charge in [0.15, 0.2) is 5.16 Å². The molecule has 82 valence electrons. The largest absolute Gasteiger partial charge is 0.480 e. The normalized spacial score (nSPS) is 12.5. The summed E-state index contributed by atoms with van der Waals surface area (Å²) in [6, 6.07) is -1.05. The van der Waals surface area contributed by atoms with Gasteiger partial charge in [-0.3, -0.25) is 4.79 Å². The Hall–Kier alpha value is -1.14. The van der Waals surface area contributed by atoms with Crippen LogP contribution in [0.4, 0.5) is 0 Å². The molecule has 0 aliphatic heterocycles. The molecular weight excluding hydrogens is 214 g/mol. The predicted octanol–water partition coefficient (Wildman–Crippen LogP) is 0.900. The van der Waals surface area contributed by atoms with Crippen LogP contribution in [0.25, 0.3) is 0 Å². The summed E-state index contributed by atoms with van der Waals surface area (Å²) in [5, 5.41) is 9.46. The molecule has 0 aromatic carbocycles. The number of carboxylic acid groups (broad SMARTS) is 1. The minimum absolute atomic E-state index is 0.500. The van der Waals surface area contributed by atoms with Crippen molar-refractivity contribution in [3.63, 3.8) is 0 Å². The number of aromatic nitrogens is 2. The zero-order valence-corrected chi connectivity index (χ0v) is 9.63. The van der Waals surface area contributed by atoms with Crippen molar-refractivity contribution in [2.45, 2.75) is 25.0 Å². The Kier molecular flexibility index (Phi) is 3.65. The monoisotopic (exact) mass is 227 g/mol. The van der Waals surface area contributed by atoms with Crippen LogP contribution < -0.4 is 5.73 Å². The van der Waals surface area contributed by atoms with Gasteiger partial charge in [-0.25, -0.2) is 9.97 Å². The number of hydrogen-bond donors (Lipinski definition) is 2. The lowest BCUT2D eigenvalue weighted by Crippen LogP contribution is -2.23. The summed E-state index contributed by atoms with van der Waals surface area (Å²) in [5.74, 6) is -1.07. The number of carbonyl (C=O) groups is 1. The van der Waals surface area contributed by atoms with Crippen LogP contribution in [0.2, 0.25) is 0 Å². The van der Waals surface area contributed by atoms with Gasteiger partial charge in [-0.1, -0.05) is 11.8 Å². The zero-order chi connectivity index (χ0) is 11.6. The van der Waals surface area contributed by atoms with Crippen LogP contribution in [0.1, 0.15) is 23.0 Å². The van der Waals surface area contributed by atoms with Gasteiger partial charge in [-0.2, -0.15) is 0 Å². The maximum Gasteiger partial charge on any atom is 0.325 e. The lowest BCUT2D eigenvalue weighted by atomic mass is 10.1. The molecule has 6 heteroatoms. The van der Waals surface area contributed by atoms with E-state index in [0.717, 1.165) is 0 Å². The number of aryl methyl sites for hydroxylation is 2. The summed E-state index contributed by atoms with van der Waals surface area (Å²) in [6.07, 6.45) is 1.87. The van der Waals surface area contributed by atoms with Crippen LogP contribution >= 0.6 is 11.8 Å². The fourth-order valence-corrected chi connectivity index (χ4v) is 1.82. The first-order valence-electron chi connectivity index (χ1n) is 4.35. The van der Waals surface area contributed by atoms with E-state index in [1.165, 1.54) is 11.8 Å². The highest BCUT2D eigenvalue weighted by Crippen LogP contribution is 2.20. The van der Waals surface area contributed by atoms with Crippen molar-refractivity contribution in [2.24, 2.45) is 5.73 Å². The molecule has 0 saturated heterocycles. The number of carboxylic acids is 1. The van der Waals surface area contributed by atoms with Crippen LogP contribution in [-0.4, -0.2) is 27.3 Å². The standard InChI is InChI=1S/C9H13N3O2S/c1-4-6(7(10)8(13)14)5(2)12-9(11-4)15-3/h7H,10H2,1-3H3,(H,13,14). The molecule has 1 rings (SSSR count). The average Bonchev–Trinajstić information content (AvgIpc) is 2.16. The Balaban J connectivity index is 3.25. The molecule has 0 aliphatic rings. The second-order valence-electron chi connectivity index (χ2n) is 3.11. The third kappa shape index (κ3) is 2.45. The van der Waals surface area contributed by atoms with E-state index < -0.39 is 12.0 Å². The summed E-state index contributed by atoms with van der Waals surface area (Å²) >= 11 is 1.42. The van der Waals surface area contributed by atoms with E-state index in [0.29, 0.717) is 22.1 Å². The van der Waals surface area contributed by atoms with Gasteiger partial charge in [0.05, 0.1) is 0 Å². The molecule has 5 nitrogen and oxygen atoms in total. The molecule has 0 amide bonds. The predicted molar refractivity (Wildman–Crippen MR) is 57.9 cm³/mol. The van der Waals surface area contributed by atoms with Crippen LogP contribution in [-0.2, 0) is 4.79 Å². The van der Waals surface area contributed by atoms with Crippen molar-refractivity contribution in [1.82, 2.24) is 9.97 Å². The Morgan fingerprint density at radius 2 is 1.87 bits per heavy atom. The summed E-state index contributed by atoms with van der Waals surface area (Å²) in [5.41, 5.74) is 7.30. The molecule has 0 spiro atoms. The number of nitrogens with zero attached hydrogens (tertiary/aromatic N) is 2. The van der Waals surface area contributed by atoms with Crippen molar-refractivity contribution >= 4 is 17.7 Å². The van der Waals surface area contributed by atoms with Gasteiger partial charge in [-0.15, -0.1) is 0 Å².